The summed E-state index contributed by atoms with van der Waals surface area (Å²) in [5.41, 5.74) is 6.07. The molecule has 4 amide bonds. The normalized spacial score (nSPS) is 17.5. The largest absolute Gasteiger partial charge is 0.436 e. The molecule has 9 rings (SSSR count). The fourth-order valence-electron chi connectivity index (χ4n) is 8.59. The van der Waals surface area contributed by atoms with Crippen LogP contribution in [-0.2, 0) is 32.0 Å². The minimum atomic E-state index is -1.27. The summed E-state index contributed by atoms with van der Waals surface area (Å²) in [4.78, 5) is 67.2. The van der Waals surface area contributed by atoms with Crippen LogP contribution in [0.1, 0.15) is 36.8 Å². The molecule has 0 spiro atoms. The molecule has 0 bridgehead atoms. The predicted octanol–water partition coefficient (Wildman–Crippen LogP) is 6.04. The number of nitrogens with zero attached hydrogens (tertiary/aromatic N) is 3. The van der Waals surface area contributed by atoms with E-state index in [1.54, 1.807) is 67.1 Å². The molecule has 310 valence electrons. The van der Waals surface area contributed by atoms with Crippen LogP contribution in [0.5, 0.6) is 0 Å². The number of nitrogens with one attached hydrogen (secondary N) is 4. The molecule has 2 unspecified atom stereocenters. The average Bonchev–Trinajstić information content (AvgIpc) is 4.15. The van der Waals surface area contributed by atoms with Crippen LogP contribution in [-0.4, -0.2) is 96.0 Å². The second kappa shape index (κ2) is 16.9. The van der Waals surface area contributed by atoms with Crippen LogP contribution in [0.2, 0.25) is 0 Å². The molecule has 2 saturated heterocycles. The fourth-order valence-corrected chi connectivity index (χ4v) is 8.59. The zero-order valence-corrected chi connectivity index (χ0v) is 33.2. The number of H-pyrrole nitrogens is 2. The molecular formula is C47H45N7O7. The lowest BCUT2D eigenvalue weighted by atomic mass is 10.1. The lowest BCUT2D eigenvalue weighted by Crippen LogP contribution is -2.47. The molecule has 4 aromatic carbocycles. The van der Waals surface area contributed by atoms with E-state index in [-0.39, 0.29) is 24.7 Å². The second-order valence-corrected chi connectivity index (χ2v) is 15.7. The molecule has 3 aromatic heterocycles. The van der Waals surface area contributed by atoms with Gasteiger partial charge in [-0.2, -0.15) is 0 Å². The Morgan fingerprint density at radius 2 is 1.11 bits per heavy atom. The molecule has 61 heavy (non-hydrogen) atoms. The Morgan fingerprint density at radius 3 is 1.61 bits per heavy atom. The highest BCUT2D eigenvalue weighted by Crippen LogP contribution is 2.30. The zero-order chi connectivity index (χ0) is 42.0. The van der Waals surface area contributed by atoms with Crippen molar-refractivity contribution < 1.29 is 33.8 Å². The zero-order valence-electron chi connectivity index (χ0n) is 33.2. The molecule has 0 saturated carbocycles. The first-order chi connectivity index (χ1) is 29.7. The third kappa shape index (κ3) is 8.15. The van der Waals surface area contributed by atoms with Crippen molar-refractivity contribution >= 4 is 56.8 Å². The van der Waals surface area contributed by atoms with Gasteiger partial charge < -0.3 is 45.0 Å². The molecule has 7 aromatic rings. The van der Waals surface area contributed by atoms with Crippen LogP contribution < -0.4 is 10.6 Å². The van der Waals surface area contributed by atoms with E-state index in [1.807, 2.05) is 48.5 Å². The van der Waals surface area contributed by atoms with E-state index in [4.69, 9.17) is 4.42 Å². The van der Waals surface area contributed by atoms with Crippen LogP contribution in [0.4, 0.5) is 11.4 Å². The number of rotatable bonds is 12. The number of amides is 4. The summed E-state index contributed by atoms with van der Waals surface area (Å²) in [5.74, 6) is -0.667. The van der Waals surface area contributed by atoms with E-state index in [9.17, 15) is 29.4 Å². The molecule has 0 aliphatic carbocycles. The van der Waals surface area contributed by atoms with E-state index in [2.05, 4.69) is 25.6 Å². The molecule has 6 N–H and O–H groups in total. The highest BCUT2D eigenvalue weighted by atomic mass is 16.4. The molecule has 4 atom stereocenters. The van der Waals surface area contributed by atoms with Crippen LogP contribution in [0.3, 0.4) is 0 Å². The number of aliphatic hydroxyl groups excluding tert-OH is 2. The van der Waals surface area contributed by atoms with Crippen molar-refractivity contribution in [1.29, 1.82) is 0 Å². The van der Waals surface area contributed by atoms with Gasteiger partial charge in [-0.1, -0.05) is 36.4 Å². The van der Waals surface area contributed by atoms with Gasteiger partial charge in [-0.3, -0.25) is 19.2 Å². The summed E-state index contributed by atoms with van der Waals surface area (Å²) < 4.78 is 6.08. The number of carbonyl (C=O) groups is 4. The molecular weight excluding hydrogens is 775 g/mol. The molecule has 14 nitrogen and oxygen atoms in total. The van der Waals surface area contributed by atoms with E-state index in [0.717, 1.165) is 38.5 Å². The number of aromatic amines is 2. The van der Waals surface area contributed by atoms with Gasteiger partial charge in [0.15, 0.2) is 5.76 Å². The smallest absolute Gasteiger partial charge is 0.252 e. The van der Waals surface area contributed by atoms with Gasteiger partial charge in [0.1, 0.15) is 24.3 Å². The summed E-state index contributed by atoms with van der Waals surface area (Å²) in [7, 11) is 0. The number of likely N-dealkylation sites (tertiary alicyclic amines) is 2. The number of para-hydroxylation sites is 2. The minimum Gasteiger partial charge on any atom is -0.436 e. The maximum absolute atomic E-state index is 13.4. The number of benzene rings is 4. The summed E-state index contributed by atoms with van der Waals surface area (Å²) in [6, 6.07) is 28.2. The molecule has 5 heterocycles. The average molecular weight is 820 g/mol. The Morgan fingerprint density at radius 1 is 0.656 bits per heavy atom. The number of aromatic nitrogens is 3. The van der Waals surface area contributed by atoms with Crippen molar-refractivity contribution in [2.24, 2.45) is 0 Å². The number of aliphatic hydroxyl groups is 2. The number of hydrogen-bond donors (Lipinski definition) is 6. The third-order valence-corrected chi connectivity index (χ3v) is 11.8. The van der Waals surface area contributed by atoms with Gasteiger partial charge in [-0.25, -0.2) is 4.98 Å². The quantitative estimate of drug-likeness (QED) is 0.0859. The van der Waals surface area contributed by atoms with Gasteiger partial charge in [-0.15, -0.1) is 0 Å². The molecule has 2 aliphatic rings. The Bertz CT molecular complexity index is 2540. The first kappa shape index (κ1) is 39.4. The summed E-state index contributed by atoms with van der Waals surface area (Å²) >= 11 is 0. The first-order valence-electron chi connectivity index (χ1n) is 20.6. The standard InChI is InChI=1S/C47H45N7O7/c55-40(23-30-25-48-36-9-3-1-7-34(30)36)46(59)53-21-5-11-38(53)43(57)51-32-17-13-28(14-18-32)42-27-50-45(61-42)29-15-19-33(20-16-29)52-44(58)39-12-6-22-54(39)47(60)41(56)24-31-26-49-37-10-4-2-8-35(31)37/h1-4,7-10,13-20,25-27,38-41,48-49,55-56H,5-6,11-12,21-24H2,(H,51,57)(H,52,58)/t38-,39-,40?,41?/m0/s1. The third-order valence-electron chi connectivity index (χ3n) is 11.8. The number of fused-ring (bicyclic) bond motifs is 2. The molecule has 0 radical (unpaired) electrons. The lowest BCUT2D eigenvalue weighted by Gasteiger charge is -2.26. The monoisotopic (exact) mass is 819 g/mol. The number of anilines is 2. The van der Waals surface area contributed by atoms with E-state index < -0.39 is 36.1 Å². The topological polar surface area (TPSA) is 197 Å². The van der Waals surface area contributed by atoms with Gasteiger partial charge in [0.25, 0.3) is 11.8 Å². The van der Waals surface area contributed by atoms with E-state index in [1.165, 1.54) is 9.80 Å². The van der Waals surface area contributed by atoms with Crippen LogP contribution >= 0.6 is 0 Å². The maximum Gasteiger partial charge on any atom is 0.252 e. The van der Waals surface area contributed by atoms with Crippen LogP contribution in [0, 0.1) is 0 Å². The van der Waals surface area contributed by atoms with Crippen molar-refractivity contribution in [3.05, 3.63) is 127 Å². The van der Waals surface area contributed by atoms with Crippen molar-refractivity contribution in [2.45, 2.75) is 62.8 Å². The SMILES string of the molecule is O=C(Nc1ccc(-c2cnc(-c3ccc(NC(=O)[C@@H]4CCCN4C(=O)C(O)Cc4c[nH]c5ccccc45)cc3)o2)cc1)[C@@H]1CCCN1C(=O)C(O)Cc1c[nH]c2ccccc12. The first-order valence-corrected chi connectivity index (χ1v) is 20.6. The van der Waals surface area contributed by atoms with Crippen LogP contribution in [0.15, 0.2) is 120 Å². The highest BCUT2D eigenvalue weighted by molar-refractivity contribution is 5.99. The number of hydrogen-bond acceptors (Lipinski definition) is 8. The maximum atomic E-state index is 13.4. The Balaban J connectivity index is 0.776. The van der Waals surface area contributed by atoms with Crippen molar-refractivity contribution in [2.75, 3.05) is 23.7 Å². The number of oxazole rings is 1. The molecule has 2 fully saturated rings. The van der Waals surface area contributed by atoms with E-state index in [0.29, 0.717) is 67.4 Å². The van der Waals surface area contributed by atoms with Gasteiger partial charge in [-0.05, 0) is 97.5 Å². The van der Waals surface area contributed by atoms with Gasteiger partial charge >= 0.3 is 0 Å². The van der Waals surface area contributed by atoms with Gasteiger partial charge in [0, 0.05) is 82.6 Å². The van der Waals surface area contributed by atoms with Gasteiger partial charge in [0.2, 0.25) is 17.7 Å². The summed E-state index contributed by atoms with van der Waals surface area (Å²) in [6.07, 6.45) is 5.30. The lowest BCUT2D eigenvalue weighted by molar-refractivity contribution is -0.144. The number of carbonyl (C=O) groups excluding carboxylic acids is 4. The Hall–Kier alpha value is -7.03. The summed E-state index contributed by atoms with van der Waals surface area (Å²) in [6.45, 7) is 0.791. The molecule has 14 heteroatoms. The Kier molecular flexibility index (Phi) is 10.9. The molecule has 2 aliphatic heterocycles. The highest BCUT2D eigenvalue weighted by Gasteiger charge is 2.38. The van der Waals surface area contributed by atoms with Crippen LogP contribution in [0.25, 0.3) is 44.6 Å². The fraction of sp³-hybridized carbons (Fsp3) is 0.255. The van der Waals surface area contributed by atoms with Crippen molar-refractivity contribution in [3.63, 3.8) is 0 Å². The van der Waals surface area contributed by atoms with Gasteiger partial charge in [0.05, 0.1) is 6.20 Å². The van der Waals surface area contributed by atoms with Crippen molar-refractivity contribution in [3.8, 4) is 22.8 Å². The minimum absolute atomic E-state index is 0.145. The summed E-state index contributed by atoms with van der Waals surface area (Å²) in [5, 5.41) is 29.5. The second-order valence-electron chi connectivity index (χ2n) is 15.7. The van der Waals surface area contributed by atoms with E-state index >= 15 is 0 Å². The predicted molar refractivity (Wildman–Crippen MR) is 230 cm³/mol. The Labute approximate surface area is 350 Å². The van der Waals surface area contributed by atoms with Crippen molar-refractivity contribution in [1.82, 2.24) is 24.8 Å².